The molecule has 3 N–H and O–H groups in total. The van der Waals surface area contributed by atoms with Gasteiger partial charge in [-0.2, -0.15) is 5.26 Å². The first-order chi connectivity index (χ1) is 14.4. The molecule has 2 amide bonds. The van der Waals surface area contributed by atoms with Crippen LogP contribution in [0.1, 0.15) is 23.5 Å². The molecule has 0 saturated heterocycles. The molecule has 0 radical (unpaired) electrons. The molecule has 0 aromatic heterocycles. The Morgan fingerprint density at radius 2 is 1.93 bits per heavy atom. The lowest BCUT2D eigenvalue weighted by Crippen LogP contribution is -2.32. The fourth-order valence-electron chi connectivity index (χ4n) is 2.99. The number of halogens is 2. The molecule has 1 heterocycles. The summed E-state index contributed by atoms with van der Waals surface area (Å²) < 4.78 is 0.925. The first-order valence-electron chi connectivity index (χ1n) is 8.94. The van der Waals surface area contributed by atoms with Crippen LogP contribution in [0.15, 0.2) is 62.0 Å². The summed E-state index contributed by atoms with van der Waals surface area (Å²) in [7, 11) is 0. The Balaban J connectivity index is 1.74. The van der Waals surface area contributed by atoms with E-state index in [0.29, 0.717) is 31.7 Å². The van der Waals surface area contributed by atoms with E-state index in [0.717, 1.165) is 17.3 Å². The van der Waals surface area contributed by atoms with Crippen LogP contribution in [-0.2, 0) is 16.1 Å². The SMILES string of the molecule is N#CC1=C(SCC(=O)NCc2ccccc2)NC(=O)C[C@@H]1c1cc(Br)c(O)c(Br)c1. The molecule has 9 heteroatoms. The summed E-state index contributed by atoms with van der Waals surface area (Å²) in [5.74, 6) is -0.770. The summed E-state index contributed by atoms with van der Waals surface area (Å²) >= 11 is 7.70. The number of hydrogen-bond donors (Lipinski definition) is 3. The largest absolute Gasteiger partial charge is 0.506 e. The lowest BCUT2D eigenvalue weighted by molar-refractivity contribution is -0.121. The van der Waals surface area contributed by atoms with Gasteiger partial charge < -0.3 is 15.7 Å². The minimum atomic E-state index is -0.466. The predicted octanol–water partition coefficient (Wildman–Crippen LogP) is 4.31. The van der Waals surface area contributed by atoms with Crippen LogP contribution in [0.2, 0.25) is 0 Å². The summed E-state index contributed by atoms with van der Waals surface area (Å²) in [6, 6.07) is 15.1. The maximum absolute atomic E-state index is 12.3. The molecule has 3 rings (SSSR count). The van der Waals surface area contributed by atoms with Crippen LogP contribution in [0.25, 0.3) is 0 Å². The number of amides is 2. The van der Waals surface area contributed by atoms with E-state index in [-0.39, 0.29) is 29.7 Å². The van der Waals surface area contributed by atoms with Crippen molar-refractivity contribution in [3.05, 3.63) is 73.1 Å². The molecule has 0 spiro atoms. The second kappa shape index (κ2) is 10.2. The van der Waals surface area contributed by atoms with E-state index in [1.807, 2.05) is 30.3 Å². The number of carbonyl (C=O) groups excluding carboxylic acids is 2. The third-order valence-corrected chi connectivity index (χ3v) is 6.70. The summed E-state index contributed by atoms with van der Waals surface area (Å²) in [5.41, 5.74) is 2.09. The number of nitrogens with one attached hydrogen (secondary N) is 2. The Hall–Kier alpha value is -2.28. The molecule has 0 bridgehead atoms. The Labute approximate surface area is 195 Å². The van der Waals surface area contributed by atoms with Crippen molar-refractivity contribution < 1.29 is 14.7 Å². The van der Waals surface area contributed by atoms with E-state index in [1.54, 1.807) is 12.1 Å². The molecular formula is C21H17Br2N3O3S. The monoisotopic (exact) mass is 549 g/mol. The van der Waals surface area contributed by atoms with E-state index in [2.05, 4.69) is 48.6 Å². The van der Waals surface area contributed by atoms with Gasteiger partial charge in [0.2, 0.25) is 11.8 Å². The zero-order valence-corrected chi connectivity index (χ0v) is 19.6. The molecule has 1 atom stereocenters. The van der Waals surface area contributed by atoms with Crippen molar-refractivity contribution >= 4 is 55.4 Å². The van der Waals surface area contributed by atoms with Gasteiger partial charge in [0.15, 0.2) is 0 Å². The molecule has 0 fully saturated rings. The minimum absolute atomic E-state index is 0.0474. The number of nitrogens with zero attached hydrogens (tertiary/aromatic N) is 1. The normalized spacial score (nSPS) is 16.0. The predicted molar refractivity (Wildman–Crippen MR) is 122 cm³/mol. The summed E-state index contributed by atoms with van der Waals surface area (Å²) in [4.78, 5) is 24.5. The molecule has 2 aromatic carbocycles. The Morgan fingerprint density at radius 1 is 1.27 bits per heavy atom. The lowest BCUT2D eigenvalue weighted by atomic mass is 9.87. The summed E-state index contributed by atoms with van der Waals surface area (Å²) in [6.45, 7) is 0.412. The highest BCUT2D eigenvalue weighted by atomic mass is 79.9. The van der Waals surface area contributed by atoms with Gasteiger partial charge in [-0.05, 0) is 55.1 Å². The second-order valence-electron chi connectivity index (χ2n) is 6.54. The number of aromatic hydroxyl groups is 1. The zero-order valence-electron chi connectivity index (χ0n) is 15.6. The number of hydrogen-bond acceptors (Lipinski definition) is 5. The van der Waals surface area contributed by atoms with E-state index in [1.165, 1.54) is 0 Å². The third kappa shape index (κ3) is 5.45. The van der Waals surface area contributed by atoms with E-state index < -0.39 is 5.92 Å². The van der Waals surface area contributed by atoms with Crippen molar-refractivity contribution in [1.29, 1.82) is 5.26 Å². The van der Waals surface area contributed by atoms with Crippen LogP contribution in [0.5, 0.6) is 5.75 Å². The minimum Gasteiger partial charge on any atom is -0.506 e. The van der Waals surface area contributed by atoms with Gasteiger partial charge in [0, 0.05) is 18.9 Å². The molecule has 0 aliphatic carbocycles. The standard InChI is InChI=1S/C21H17Br2N3O3S/c22-16-6-13(7-17(23)20(16)29)14-8-18(27)26-21(15(14)9-24)30-11-19(28)25-10-12-4-2-1-3-5-12/h1-7,14,29H,8,10-11H2,(H,25,28)(H,26,27)/t14-/m1/s1. The summed E-state index contributed by atoms with van der Waals surface area (Å²) in [6.07, 6.45) is 0.108. The highest BCUT2D eigenvalue weighted by molar-refractivity contribution is 9.11. The second-order valence-corrected chi connectivity index (χ2v) is 9.24. The van der Waals surface area contributed by atoms with Gasteiger partial charge in [0.05, 0.1) is 31.4 Å². The zero-order chi connectivity index (χ0) is 21.7. The average molecular weight is 551 g/mol. The van der Waals surface area contributed by atoms with Gasteiger partial charge >= 0.3 is 0 Å². The van der Waals surface area contributed by atoms with E-state index in [4.69, 9.17) is 0 Å². The van der Waals surface area contributed by atoms with Gasteiger partial charge in [0.1, 0.15) is 5.75 Å². The smallest absolute Gasteiger partial charge is 0.230 e. The lowest BCUT2D eigenvalue weighted by Gasteiger charge is -2.25. The van der Waals surface area contributed by atoms with Crippen LogP contribution in [0.3, 0.4) is 0 Å². The fraction of sp³-hybridized carbons (Fsp3) is 0.190. The Kier molecular flexibility index (Phi) is 7.58. The fourth-order valence-corrected chi connectivity index (χ4v) is 5.12. The first kappa shape index (κ1) is 22.4. The number of carbonyl (C=O) groups is 2. The molecule has 30 heavy (non-hydrogen) atoms. The average Bonchev–Trinajstić information content (AvgIpc) is 2.74. The third-order valence-electron chi connectivity index (χ3n) is 4.48. The van der Waals surface area contributed by atoms with Crippen molar-refractivity contribution in [2.24, 2.45) is 0 Å². The quantitative estimate of drug-likeness (QED) is 0.497. The van der Waals surface area contributed by atoms with Gasteiger partial charge in [-0.25, -0.2) is 0 Å². The summed E-state index contributed by atoms with van der Waals surface area (Å²) in [5, 5.41) is 25.6. The molecule has 0 unspecified atom stereocenters. The van der Waals surface area contributed by atoms with Crippen LogP contribution in [0, 0.1) is 11.3 Å². The molecule has 0 saturated carbocycles. The van der Waals surface area contributed by atoms with Crippen molar-refractivity contribution in [2.75, 3.05) is 5.75 Å². The van der Waals surface area contributed by atoms with Gasteiger partial charge in [-0.3, -0.25) is 9.59 Å². The van der Waals surface area contributed by atoms with Crippen LogP contribution < -0.4 is 10.6 Å². The highest BCUT2D eigenvalue weighted by Crippen LogP contribution is 2.41. The molecule has 1 aliphatic rings. The van der Waals surface area contributed by atoms with Crippen LogP contribution >= 0.6 is 43.6 Å². The maximum atomic E-state index is 12.3. The van der Waals surface area contributed by atoms with Gasteiger partial charge in [-0.1, -0.05) is 42.1 Å². The van der Waals surface area contributed by atoms with Crippen molar-refractivity contribution in [3.63, 3.8) is 0 Å². The number of nitriles is 1. The number of allylic oxidation sites excluding steroid dienone is 1. The highest BCUT2D eigenvalue weighted by Gasteiger charge is 2.30. The number of benzene rings is 2. The molecule has 154 valence electrons. The van der Waals surface area contributed by atoms with E-state index >= 15 is 0 Å². The number of phenolic OH excluding ortho intramolecular Hbond substituents is 1. The van der Waals surface area contributed by atoms with Crippen LogP contribution in [0.4, 0.5) is 0 Å². The molecule has 6 nitrogen and oxygen atoms in total. The van der Waals surface area contributed by atoms with Gasteiger partial charge in [0.25, 0.3) is 0 Å². The number of rotatable bonds is 6. The maximum Gasteiger partial charge on any atom is 0.230 e. The van der Waals surface area contributed by atoms with E-state index in [9.17, 15) is 20.0 Å². The molecular weight excluding hydrogens is 534 g/mol. The topological polar surface area (TPSA) is 102 Å². The Morgan fingerprint density at radius 3 is 2.57 bits per heavy atom. The number of phenols is 1. The number of thioether (sulfide) groups is 1. The van der Waals surface area contributed by atoms with Gasteiger partial charge in [-0.15, -0.1) is 0 Å². The first-order valence-corrected chi connectivity index (χ1v) is 11.5. The Bertz CT molecular complexity index is 1030. The van der Waals surface area contributed by atoms with Crippen molar-refractivity contribution in [2.45, 2.75) is 18.9 Å². The van der Waals surface area contributed by atoms with Crippen molar-refractivity contribution in [1.82, 2.24) is 10.6 Å². The van der Waals surface area contributed by atoms with Crippen molar-refractivity contribution in [3.8, 4) is 11.8 Å². The molecule has 1 aliphatic heterocycles. The van der Waals surface area contributed by atoms with Crippen LogP contribution in [-0.4, -0.2) is 22.7 Å². The molecule has 2 aromatic rings.